The topological polar surface area (TPSA) is 175 Å². The molecule has 1 amide bonds. The third-order valence-corrected chi connectivity index (χ3v) is 14.4. The summed E-state index contributed by atoms with van der Waals surface area (Å²) in [6.45, 7) is 5.60. The smallest absolute Gasteiger partial charge is 0.306 e. The highest BCUT2D eigenvalue weighted by molar-refractivity contribution is 5.80. The average Bonchev–Trinajstić information content (AvgIpc) is 3.47. The molecule has 1 saturated heterocycles. The lowest BCUT2D eigenvalue weighted by Gasteiger charge is -2.41. The number of carbonyl (C=O) groups is 2. The Hall–Kier alpha value is -3.94. The number of aliphatic hydroxyl groups excluding tert-OH is 5. The molecule has 1 aliphatic rings. The minimum atomic E-state index is -1.64. The Bertz CT molecular complexity index is 1780. The number of ether oxygens (including phenoxy) is 3. The molecule has 81 heavy (non-hydrogen) atoms. The quantitative estimate of drug-likeness (QED) is 0.0195. The molecule has 11 nitrogen and oxygen atoms in total. The van der Waals surface area contributed by atoms with Crippen LogP contribution in [0.25, 0.3) is 0 Å². The van der Waals surface area contributed by atoms with Crippen LogP contribution in [0.15, 0.2) is 122 Å². The lowest BCUT2D eigenvalue weighted by molar-refractivity contribution is -0.305. The van der Waals surface area contributed by atoms with Crippen molar-refractivity contribution in [2.45, 2.75) is 294 Å². The van der Waals surface area contributed by atoms with Crippen molar-refractivity contribution >= 4 is 11.9 Å². The number of hydrogen-bond donors (Lipinski definition) is 6. The third-order valence-electron chi connectivity index (χ3n) is 14.4. The molecule has 462 valence electrons. The molecular weight excluding hydrogens is 1010 g/mol. The molecule has 1 heterocycles. The predicted octanol–water partition coefficient (Wildman–Crippen LogP) is 15.8. The summed E-state index contributed by atoms with van der Waals surface area (Å²) >= 11 is 0. The highest BCUT2D eigenvalue weighted by Gasteiger charge is 2.47. The molecular formula is C70H117NO10. The Morgan fingerprint density at radius 1 is 0.494 bits per heavy atom. The fourth-order valence-corrected chi connectivity index (χ4v) is 9.26. The molecule has 1 aliphatic heterocycles. The van der Waals surface area contributed by atoms with Gasteiger partial charge in [0.2, 0.25) is 5.91 Å². The summed E-state index contributed by atoms with van der Waals surface area (Å²) in [6.07, 6.45) is 68.1. The van der Waals surface area contributed by atoms with E-state index in [0.29, 0.717) is 12.8 Å². The fourth-order valence-electron chi connectivity index (χ4n) is 9.26. The van der Waals surface area contributed by atoms with E-state index in [0.717, 1.165) is 122 Å². The molecule has 6 N–H and O–H groups in total. The second kappa shape index (κ2) is 56.5. The molecule has 0 aromatic carbocycles. The van der Waals surface area contributed by atoms with E-state index in [2.05, 4.69) is 123 Å². The van der Waals surface area contributed by atoms with Gasteiger partial charge in [-0.2, -0.15) is 0 Å². The van der Waals surface area contributed by atoms with Gasteiger partial charge in [0, 0.05) is 6.42 Å². The van der Waals surface area contributed by atoms with Crippen molar-refractivity contribution in [3.8, 4) is 0 Å². The van der Waals surface area contributed by atoms with E-state index < -0.39 is 67.4 Å². The SMILES string of the molecule is CC/C=C\C/C=C\C/C=C\C/C=C\C/C=C\CCC(O)C(=O)NC(COC1OC(CO)C(O)C(O)C1OC(=O)CCCCCCCCC/C=C\C/C=C\C/C=C\C/C=C\CCCCC)C(O)/C=C/CCCCCCCCCCCCC. The number of carbonyl (C=O) groups excluding carboxylic acids is 2. The number of unbranched alkanes of at least 4 members (excludes halogenated alkanes) is 21. The van der Waals surface area contributed by atoms with E-state index >= 15 is 0 Å². The first-order valence-electron chi connectivity index (χ1n) is 32.3. The molecule has 1 fully saturated rings. The number of allylic oxidation sites excluding steroid dienone is 19. The molecule has 0 aliphatic carbocycles. The van der Waals surface area contributed by atoms with Crippen molar-refractivity contribution in [1.82, 2.24) is 5.32 Å². The van der Waals surface area contributed by atoms with Crippen LogP contribution >= 0.6 is 0 Å². The van der Waals surface area contributed by atoms with Gasteiger partial charge in [-0.3, -0.25) is 9.59 Å². The number of hydrogen-bond acceptors (Lipinski definition) is 10. The molecule has 0 aromatic heterocycles. The molecule has 0 aromatic rings. The predicted molar refractivity (Wildman–Crippen MR) is 338 cm³/mol. The Balaban J connectivity index is 2.70. The summed E-state index contributed by atoms with van der Waals surface area (Å²) in [7, 11) is 0. The summed E-state index contributed by atoms with van der Waals surface area (Å²) in [5.41, 5.74) is 0. The second-order valence-corrected chi connectivity index (χ2v) is 21.8. The number of nitrogens with one attached hydrogen (secondary N) is 1. The van der Waals surface area contributed by atoms with Crippen molar-refractivity contribution in [3.63, 3.8) is 0 Å². The number of aliphatic hydroxyl groups is 5. The summed E-state index contributed by atoms with van der Waals surface area (Å²) in [4.78, 5) is 26.6. The largest absolute Gasteiger partial charge is 0.454 e. The zero-order chi connectivity index (χ0) is 58.9. The highest BCUT2D eigenvalue weighted by Crippen LogP contribution is 2.26. The van der Waals surface area contributed by atoms with E-state index in [4.69, 9.17) is 14.2 Å². The van der Waals surface area contributed by atoms with Crippen LogP contribution in [0.2, 0.25) is 0 Å². The molecule has 0 bridgehead atoms. The van der Waals surface area contributed by atoms with Gasteiger partial charge < -0.3 is 45.1 Å². The standard InChI is InChI=1S/C70H117NO10/c1-4-7-10-13-16-19-22-25-27-29-30-31-32-33-34-35-37-40-43-46-49-52-55-58-65(75)81-68-67(77)66(76)64(59-72)80-70(68)79-60-61(62(73)56-53-50-47-44-41-38-24-21-18-15-12-9-6-3)71-69(78)63(74)57-54-51-48-45-42-39-36-28-26-23-20-17-14-11-8-5-2/h8,11,16-17,19-20,25-28,30-31,33-34,39,42,48,51,53,56,61-64,66-68,70,72-74,76-77H,4-7,9-10,12-15,18,21-24,29,32,35-38,40-41,43-47,49-50,52,54-55,57-60H2,1-3H3,(H,71,78)/b11-8-,19-16-,20-17-,27-25-,28-26-,31-30-,34-33-,42-39-,51-48-,56-53+. The van der Waals surface area contributed by atoms with Crippen LogP contribution in [0.1, 0.15) is 245 Å². The molecule has 11 heteroatoms. The van der Waals surface area contributed by atoms with Gasteiger partial charge in [-0.15, -0.1) is 0 Å². The molecule has 0 radical (unpaired) electrons. The number of esters is 1. The van der Waals surface area contributed by atoms with Gasteiger partial charge in [-0.1, -0.05) is 251 Å². The summed E-state index contributed by atoms with van der Waals surface area (Å²) in [5.74, 6) is -1.27. The Morgan fingerprint density at radius 2 is 0.889 bits per heavy atom. The van der Waals surface area contributed by atoms with Gasteiger partial charge in [0.15, 0.2) is 12.4 Å². The van der Waals surface area contributed by atoms with Gasteiger partial charge in [-0.05, 0) is 109 Å². The Morgan fingerprint density at radius 3 is 1.36 bits per heavy atom. The first-order chi connectivity index (χ1) is 39.7. The van der Waals surface area contributed by atoms with E-state index in [9.17, 15) is 35.1 Å². The van der Waals surface area contributed by atoms with Gasteiger partial charge in [0.05, 0.1) is 25.4 Å². The maximum atomic E-state index is 13.4. The van der Waals surface area contributed by atoms with Crippen LogP contribution in [0.3, 0.4) is 0 Å². The molecule has 0 spiro atoms. The summed E-state index contributed by atoms with van der Waals surface area (Å²) in [6, 6.07) is -1.06. The molecule has 8 unspecified atom stereocenters. The highest BCUT2D eigenvalue weighted by atomic mass is 16.7. The number of amides is 1. The molecule has 8 atom stereocenters. The second-order valence-electron chi connectivity index (χ2n) is 21.8. The maximum absolute atomic E-state index is 13.4. The van der Waals surface area contributed by atoms with Crippen LogP contribution in [0.5, 0.6) is 0 Å². The third kappa shape index (κ3) is 44.3. The van der Waals surface area contributed by atoms with Crippen molar-refractivity contribution in [2.75, 3.05) is 13.2 Å². The van der Waals surface area contributed by atoms with Gasteiger partial charge in [0.1, 0.15) is 24.4 Å². The van der Waals surface area contributed by atoms with Crippen molar-refractivity contribution < 1.29 is 49.3 Å². The zero-order valence-corrected chi connectivity index (χ0v) is 51.1. The first-order valence-corrected chi connectivity index (χ1v) is 32.3. The Kier molecular flexibility index (Phi) is 52.4. The van der Waals surface area contributed by atoms with Crippen LogP contribution in [-0.2, 0) is 23.8 Å². The van der Waals surface area contributed by atoms with Crippen LogP contribution in [0, 0.1) is 0 Å². The van der Waals surface area contributed by atoms with Crippen LogP contribution in [-0.4, -0.2) is 99.6 Å². The van der Waals surface area contributed by atoms with Gasteiger partial charge in [0.25, 0.3) is 0 Å². The minimum Gasteiger partial charge on any atom is -0.454 e. The fraction of sp³-hybridized carbons (Fsp3) is 0.686. The monoisotopic (exact) mass is 1130 g/mol. The Labute approximate surface area is 493 Å². The normalized spacial score (nSPS) is 19.5. The van der Waals surface area contributed by atoms with E-state index in [-0.39, 0.29) is 19.4 Å². The van der Waals surface area contributed by atoms with Gasteiger partial charge >= 0.3 is 5.97 Å². The van der Waals surface area contributed by atoms with E-state index in [1.165, 1.54) is 77.0 Å². The van der Waals surface area contributed by atoms with Gasteiger partial charge in [-0.25, -0.2) is 0 Å². The zero-order valence-electron chi connectivity index (χ0n) is 51.1. The lowest BCUT2D eigenvalue weighted by Crippen LogP contribution is -2.61. The molecule has 1 rings (SSSR count). The lowest BCUT2D eigenvalue weighted by atomic mass is 9.99. The van der Waals surface area contributed by atoms with Crippen molar-refractivity contribution in [3.05, 3.63) is 122 Å². The molecule has 0 saturated carbocycles. The van der Waals surface area contributed by atoms with E-state index in [1.54, 1.807) is 6.08 Å². The average molecular weight is 1130 g/mol. The maximum Gasteiger partial charge on any atom is 0.306 e. The van der Waals surface area contributed by atoms with Crippen LogP contribution in [0.4, 0.5) is 0 Å². The minimum absolute atomic E-state index is 0.0976. The number of rotatable bonds is 53. The summed E-state index contributed by atoms with van der Waals surface area (Å²) in [5, 5.41) is 57.0. The summed E-state index contributed by atoms with van der Waals surface area (Å²) < 4.78 is 17.6. The first kappa shape index (κ1) is 75.1. The van der Waals surface area contributed by atoms with Crippen LogP contribution < -0.4 is 5.32 Å². The van der Waals surface area contributed by atoms with E-state index in [1.807, 2.05) is 18.2 Å². The van der Waals surface area contributed by atoms with Crippen molar-refractivity contribution in [2.24, 2.45) is 0 Å². The van der Waals surface area contributed by atoms with Crippen molar-refractivity contribution in [1.29, 1.82) is 0 Å².